The van der Waals surface area contributed by atoms with E-state index in [0.29, 0.717) is 6.29 Å². The number of alkyl halides is 4. The van der Waals surface area contributed by atoms with Crippen molar-refractivity contribution >= 4 is 17.9 Å². The van der Waals surface area contributed by atoms with Crippen LogP contribution in [0.2, 0.25) is 5.02 Å². The van der Waals surface area contributed by atoms with Gasteiger partial charge in [-0.15, -0.1) is 0 Å². The van der Waals surface area contributed by atoms with Gasteiger partial charge in [0.05, 0.1) is 5.02 Å². The van der Waals surface area contributed by atoms with E-state index in [1.165, 1.54) is 12.1 Å². The van der Waals surface area contributed by atoms with Crippen LogP contribution in [0.3, 0.4) is 0 Å². The van der Waals surface area contributed by atoms with Gasteiger partial charge in [-0.25, -0.2) is 0 Å². The van der Waals surface area contributed by atoms with Gasteiger partial charge in [0.15, 0.2) is 23.5 Å². The molecule has 4 nitrogen and oxygen atoms in total. The van der Waals surface area contributed by atoms with Crippen molar-refractivity contribution in [3.63, 3.8) is 0 Å². The maximum Gasteiger partial charge on any atom is 0.507 e. The maximum atomic E-state index is 13.2. The van der Waals surface area contributed by atoms with E-state index in [1.54, 1.807) is 0 Å². The first-order valence-electron chi connectivity index (χ1n) is 5.76. The second-order valence-electron chi connectivity index (χ2n) is 4.34. The second-order valence-corrected chi connectivity index (χ2v) is 4.74. The summed E-state index contributed by atoms with van der Waals surface area (Å²) in [5, 5.41) is -0.102. The summed E-state index contributed by atoms with van der Waals surface area (Å²) in [5.41, 5.74) is 0.0816. The van der Waals surface area contributed by atoms with E-state index in [2.05, 4.69) is 9.47 Å². The number of carbonyl (C=O) groups is 1. The van der Waals surface area contributed by atoms with Gasteiger partial charge < -0.3 is 13.9 Å². The molecule has 1 aromatic heterocycles. The van der Waals surface area contributed by atoms with Crippen LogP contribution in [0.1, 0.15) is 10.6 Å². The van der Waals surface area contributed by atoms with Gasteiger partial charge >= 0.3 is 12.2 Å². The molecule has 0 N–H and O–H groups in total. The monoisotopic (exact) mass is 336 g/mol. The molecule has 0 atom stereocenters. The Balaban J connectivity index is 2.09. The molecule has 1 aliphatic rings. The average molecular weight is 337 g/mol. The highest BCUT2D eigenvalue weighted by Gasteiger charge is 2.66. The largest absolute Gasteiger partial charge is 0.507 e. The van der Waals surface area contributed by atoms with Crippen LogP contribution in [0.5, 0.6) is 11.5 Å². The SMILES string of the molecule is O=Cc1ccc(-c2cc3c(cc2Cl)OC(F)(F)C(F)(F)O3)o1. The molecule has 0 bridgehead atoms. The minimum Gasteiger partial charge on any atom is -0.453 e. The lowest BCUT2D eigenvalue weighted by Gasteiger charge is -2.32. The summed E-state index contributed by atoms with van der Waals surface area (Å²) < 4.78 is 65.5. The fraction of sp³-hybridized carbons (Fsp3) is 0.154. The maximum absolute atomic E-state index is 13.2. The van der Waals surface area contributed by atoms with E-state index in [1.807, 2.05) is 0 Å². The smallest absolute Gasteiger partial charge is 0.453 e. The summed E-state index contributed by atoms with van der Waals surface area (Å²) in [6.45, 7) is 0. The number of benzene rings is 1. The minimum absolute atomic E-state index is 0.0159. The van der Waals surface area contributed by atoms with Crippen molar-refractivity contribution < 1.29 is 36.2 Å². The molecule has 0 saturated carbocycles. The molecular weight excluding hydrogens is 332 g/mol. The third kappa shape index (κ3) is 2.19. The van der Waals surface area contributed by atoms with E-state index in [-0.39, 0.29) is 22.1 Å². The fourth-order valence-corrected chi connectivity index (χ4v) is 2.09. The molecule has 2 aromatic rings. The lowest BCUT2D eigenvalue weighted by atomic mass is 10.1. The number of halogens is 5. The Bertz CT molecular complexity index is 756. The number of aldehydes is 1. The van der Waals surface area contributed by atoms with Gasteiger partial charge in [0, 0.05) is 11.6 Å². The van der Waals surface area contributed by atoms with Crippen LogP contribution in [-0.4, -0.2) is 18.5 Å². The minimum atomic E-state index is -4.83. The highest BCUT2D eigenvalue weighted by molar-refractivity contribution is 6.33. The number of ether oxygens (including phenoxy) is 2. The summed E-state index contributed by atoms with van der Waals surface area (Å²) in [6, 6.07) is 4.57. The predicted molar refractivity (Wildman–Crippen MR) is 65.7 cm³/mol. The van der Waals surface area contributed by atoms with Gasteiger partial charge in [-0.05, 0) is 18.2 Å². The number of hydrogen-bond donors (Lipinski definition) is 0. The molecule has 116 valence electrons. The number of hydrogen-bond acceptors (Lipinski definition) is 4. The quantitative estimate of drug-likeness (QED) is 0.603. The highest BCUT2D eigenvalue weighted by atomic mass is 35.5. The predicted octanol–water partition coefficient (Wildman–Crippen LogP) is 4.37. The first-order chi connectivity index (χ1) is 10.2. The van der Waals surface area contributed by atoms with Gasteiger partial charge in [0.2, 0.25) is 0 Å². The van der Waals surface area contributed by atoms with Crippen molar-refractivity contribution in [2.75, 3.05) is 0 Å². The lowest BCUT2D eigenvalue weighted by molar-refractivity contribution is -0.391. The molecule has 0 radical (unpaired) electrons. The van der Waals surface area contributed by atoms with Crippen molar-refractivity contribution in [2.24, 2.45) is 0 Å². The molecule has 9 heteroatoms. The molecule has 1 aromatic carbocycles. The summed E-state index contributed by atoms with van der Waals surface area (Å²) in [7, 11) is 0. The third-order valence-electron chi connectivity index (χ3n) is 2.86. The zero-order valence-corrected chi connectivity index (χ0v) is 11.2. The summed E-state index contributed by atoms with van der Waals surface area (Å²) in [4.78, 5) is 10.6. The van der Waals surface area contributed by atoms with Crippen molar-refractivity contribution in [3.05, 3.63) is 35.0 Å². The third-order valence-corrected chi connectivity index (χ3v) is 3.17. The van der Waals surface area contributed by atoms with Crippen molar-refractivity contribution in [1.29, 1.82) is 0 Å². The van der Waals surface area contributed by atoms with Gasteiger partial charge in [-0.2, -0.15) is 17.6 Å². The van der Waals surface area contributed by atoms with E-state index >= 15 is 0 Å². The molecule has 0 fully saturated rings. The van der Waals surface area contributed by atoms with Crippen LogP contribution in [-0.2, 0) is 0 Å². The summed E-state index contributed by atoms with van der Waals surface area (Å²) in [6.07, 6.45) is -9.22. The van der Waals surface area contributed by atoms with Crippen LogP contribution >= 0.6 is 11.6 Å². The van der Waals surface area contributed by atoms with Crippen molar-refractivity contribution in [1.82, 2.24) is 0 Å². The summed E-state index contributed by atoms with van der Waals surface area (Å²) in [5.74, 6) is -1.19. The molecular formula is C13H5ClF4O4. The first-order valence-corrected chi connectivity index (χ1v) is 6.14. The Hall–Kier alpha value is -2.22. The Labute approximate surface area is 125 Å². The van der Waals surface area contributed by atoms with Gasteiger partial charge in [-0.3, -0.25) is 4.79 Å². The van der Waals surface area contributed by atoms with Crippen LogP contribution in [0.15, 0.2) is 28.7 Å². The van der Waals surface area contributed by atoms with Gasteiger partial charge in [0.1, 0.15) is 5.76 Å². The Morgan fingerprint density at radius 2 is 1.59 bits per heavy atom. The zero-order chi connectivity index (χ0) is 16.1. The molecule has 0 aliphatic carbocycles. The topological polar surface area (TPSA) is 48.7 Å². The average Bonchev–Trinajstić information content (AvgIpc) is 2.88. The molecule has 0 spiro atoms. The molecule has 0 unspecified atom stereocenters. The van der Waals surface area contributed by atoms with Crippen LogP contribution < -0.4 is 9.47 Å². The van der Waals surface area contributed by atoms with E-state index in [9.17, 15) is 22.4 Å². The normalized spacial score (nSPS) is 18.0. The van der Waals surface area contributed by atoms with Crippen LogP contribution in [0, 0.1) is 0 Å². The zero-order valence-electron chi connectivity index (χ0n) is 10.4. The van der Waals surface area contributed by atoms with Crippen molar-refractivity contribution in [2.45, 2.75) is 12.2 Å². The number of furan rings is 1. The van der Waals surface area contributed by atoms with Crippen molar-refractivity contribution in [3.8, 4) is 22.8 Å². The Morgan fingerprint density at radius 1 is 1.00 bits per heavy atom. The van der Waals surface area contributed by atoms with Crippen LogP contribution in [0.25, 0.3) is 11.3 Å². The Morgan fingerprint density at radius 3 is 2.14 bits per heavy atom. The van der Waals surface area contributed by atoms with E-state index < -0.39 is 23.7 Å². The fourth-order valence-electron chi connectivity index (χ4n) is 1.84. The number of carbonyl (C=O) groups excluding carboxylic acids is 1. The molecule has 2 heterocycles. The van der Waals surface area contributed by atoms with Gasteiger partial charge in [-0.1, -0.05) is 11.6 Å². The molecule has 1 aliphatic heterocycles. The molecule has 22 heavy (non-hydrogen) atoms. The standard InChI is InChI=1S/C13H5ClF4O4/c14-8-4-11-10(21-12(15,16)13(17,18)22-11)3-7(8)9-2-1-6(5-19)20-9/h1-5H. The lowest BCUT2D eigenvalue weighted by Crippen LogP contribution is -2.52. The number of rotatable bonds is 2. The number of fused-ring (bicyclic) bond motifs is 1. The Kier molecular flexibility index (Phi) is 3.10. The molecule has 0 amide bonds. The highest BCUT2D eigenvalue weighted by Crippen LogP contribution is 2.49. The van der Waals surface area contributed by atoms with E-state index in [0.717, 1.165) is 12.1 Å². The van der Waals surface area contributed by atoms with Crippen LogP contribution in [0.4, 0.5) is 17.6 Å². The summed E-state index contributed by atoms with van der Waals surface area (Å²) >= 11 is 5.90. The van der Waals surface area contributed by atoms with Gasteiger partial charge in [0.25, 0.3) is 0 Å². The second kappa shape index (κ2) is 4.64. The molecule has 0 saturated heterocycles. The van der Waals surface area contributed by atoms with E-state index in [4.69, 9.17) is 16.0 Å². The molecule has 3 rings (SSSR count). The first kappa shape index (κ1) is 14.7.